The Kier molecular flexibility index (Phi) is 3.59. The van der Waals surface area contributed by atoms with Crippen LogP contribution in [-0.2, 0) is 7.05 Å². The van der Waals surface area contributed by atoms with Crippen LogP contribution in [-0.4, -0.2) is 14.9 Å². The minimum absolute atomic E-state index is 0.661. The van der Waals surface area contributed by atoms with Gasteiger partial charge in [-0.05, 0) is 59.0 Å². The molecule has 0 radical (unpaired) electrons. The molecule has 1 aromatic carbocycles. The Morgan fingerprint density at radius 2 is 1.78 bits per heavy atom. The van der Waals surface area contributed by atoms with Gasteiger partial charge in [-0.1, -0.05) is 12.1 Å². The van der Waals surface area contributed by atoms with Crippen LogP contribution >= 0.6 is 15.9 Å². The van der Waals surface area contributed by atoms with Gasteiger partial charge in [0.15, 0.2) is 0 Å². The molecule has 2 rings (SSSR count). The van der Waals surface area contributed by atoms with E-state index in [0.29, 0.717) is 0 Å². The summed E-state index contributed by atoms with van der Waals surface area (Å²) in [5.74, 6) is 0. The second-order valence-corrected chi connectivity index (χ2v) is 5.55. The van der Waals surface area contributed by atoms with Gasteiger partial charge in [0.1, 0.15) is 6.10 Å². The highest BCUT2D eigenvalue weighted by Gasteiger charge is 2.20. The first-order valence-electron chi connectivity index (χ1n) is 5.85. The molecule has 2 aromatic rings. The molecule has 0 aliphatic heterocycles. The van der Waals surface area contributed by atoms with Gasteiger partial charge in [-0.3, -0.25) is 4.68 Å². The number of rotatable bonds is 2. The van der Waals surface area contributed by atoms with Gasteiger partial charge in [0.05, 0.1) is 16.4 Å². The molecule has 0 amide bonds. The van der Waals surface area contributed by atoms with Crippen LogP contribution in [0, 0.1) is 20.8 Å². The van der Waals surface area contributed by atoms with Gasteiger partial charge in [0.25, 0.3) is 0 Å². The van der Waals surface area contributed by atoms with E-state index in [2.05, 4.69) is 47.0 Å². The zero-order chi connectivity index (χ0) is 13.4. The van der Waals surface area contributed by atoms with Crippen molar-refractivity contribution in [1.82, 2.24) is 9.78 Å². The first-order valence-corrected chi connectivity index (χ1v) is 6.64. The minimum Gasteiger partial charge on any atom is -0.382 e. The van der Waals surface area contributed by atoms with Crippen molar-refractivity contribution < 1.29 is 5.11 Å². The monoisotopic (exact) mass is 308 g/mol. The Hall–Kier alpha value is -1.13. The Morgan fingerprint density at radius 1 is 1.17 bits per heavy atom. The van der Waals surface area contributed by atoms with Crippen LogP contribution in [0.2, 0.25) is 0 Å². The topological polar surface area (TPSA) is 38.1 Å². The van der Waals surface area contributed by atoms with Crippen molar-refractivity contribution in [2.24, 2.45) is 7.05 Å². The van der Waals surface area contributed by atoms with Gasteiger partial charge in [-0.25, -0.2) is 0 Å². The lowest BCUT2D eigenvalue weighted by Gasteiger charge is -2.17. The third-order valence-electron chi connectivity index (χ3n) is 3.37. The molecule has 1 unspecified atom stereocenters. The van der Waals surface area contributed by atoms with Gasteiger partial charge >= 0.3 is 0 Å². The molecule has 1 atom stereocenters. The molecule has 3 nitrogen and oxygen atoms in total. The summed E-state index contributed by atoms with van der Waals surface area (Å²) in [7, 11) is 1.83. The summed E-state index contributed by atoms with van der Waals surface area (Å²) in [5, 5.41) is 14.7. The highest BCUT2D eigenvalue weighted by Crippen LogP contribution is 2.31. The number of aryl methyl sites for hydroxylation is 4. The van der Waals surface area contributed by atoms with E-state index in [1.807, 2.05) is 14.0 Å². The maximum Gasteiger partial charge on any atom is 0.122 e. The third kappa shape index (κ3) is 2.22. The summed E-state index contributed by atoms with van der Waals surface area (Å²) in [6, 6.07) is 4.16. The van der Waals surface area contributed by atoms with E-state index in [0.717, 1.165) is 21.3 Å². The molecule has 18 heavy (non-hydrogen) atoms. The fourth-order valence-electron chi connectivity index (χ4n) is 2.15. The van der Waals surface area contributed by atoms with Gasteiger partial charge < -0.3 is 5.11 Å². The predicted molar refractivity (Wildman–Crippen MR) is 75.6 cm³/mol. The normalized spacial score (nSPS) is 12.8. The molecule has 4 heteroatoms. The summed E-state index contributed by atoms with van der Waals surface area (Å²) in [4.78, 5) is 0. The number of hydrogen-bond donors (Lipinski definition) is 1. The van der Waals surface area contributed by atoms with Gasteiger partial charge in [0, 0.05) is 7.05 Å². The number of hydrogen-bond acceptors (Lipinski definition) is 2. The van der Waals surface area contributed by atoms with E-state index in [9.17, 15) is 5.11 Å². The molecule has 0 spiro atoms. The molecule has 1 N–H and O–H groups in total. The molecular weight excluding hydrogens is 292 g/mol. The van der Waals surface area contributed by atoms with Crippen LogP contribution in [0.25, 0.3) is 0 Å². The maximum atomic E-state index is 10.5. The SMILES string of the molecule is Cc1cc(C)c(C(O)c2c(Br)cnn2C)cc1C. The van der Waals surface area contributed by atoms with Crippen LogP contribution in [0.3, 0.4) is 0 Å². The van der Waals surface area contributed by atoms with E-state index in [4.69, 9.17) is 0 Å². The Balaban J connectivity index is 2.53. The lowest BCUT2D eigenvalue weighted by Crippen LogP contribution is -2.09. The fourth-order valence-corrected chi connectivity index (χ4v) is 2.72. The molecule has 1 heterocycles. The highest BCUT2D eigenvalue weighted by atomic mass is 79.9. The average Bonchev–Trinajstić information content (AvgIpc) is 2.63. The van der Waals surface area contributed by atoms with Crippen LogP contribution < -0.4 is 0 Å². The highest BCUT2D eigenvalue weighted by molar-refractivity contribution is 9.10. The van der Waals surface area contributed by atoms with Crippen molar-refractivity contribution in [3.8, 4) is 0 Å². The minimum atomic E-state index is -0.661. The van der Waals surface area contributed by atoms with E-state index < -0.39 is 6.10 Å². The maximum absolute atomic E-state index is 10.5. The Morgan fingerprint density at radius 3 is 2.33 bits per heavy atom. The molecule has 96 valence electrons. The first kappa shape index (κ1) is 13.3. The lowest BCUT2D eigenvalue weighted by atomic mass is 9.96. The third-order valence-corrected chi connectivity index (χ3v) is 3.98. The largest absolute Gasteiger partial charge is 0.382 e. The number of aliphatic hydroxyl groups is 1. The van der Waals surface area contributed by atoms with Crippen molar-refractivity contribution in [3.05, 3.63) is 50.8 Å². The van der Waals surface area contributed by atoms with E-state index >= 15 is 0 Å². The zero-order valence-electron chi connectivity index (χ0n) is 11.0. The molecule has 0 aliphatic carbocycles. The lowest BCUT2D eigenvalue weighted by molar-refractivity contribution is 0.208. The molecule has 0 bridgehead atoms. The second-order valence-electron chi connectivity index (χ2n) is 4.70. The number of aromatic nitrogens is 2. The van der Waals surface area contributed by atoms with E-state index in [1.165, 1.54) is 11.1 Å². The molecule has 0 saturated carbocycles. The molecular formula is C14H17BrN2O. The fraction of sp³-hybridized carbons (Fsp3) is 0.357. The number of aliphatic hydroxyl groups excluding tert-OH is 1. The molecule has 0 aliphatic rings. The number of halogens is 1. The summed E-state index contributed by atoms with van der Waals surface area (Å²) in [5.41, 5.74) is 5.24. The van der Waals surface area contributed by atoms with Crippen LogP contribution in [0.15, 0.2) is 22.8 Å². The van der Waals surface area contributed by atoms with Crippen molar-refractivity contribution >= 4 is 15.9 Å². The first-order chi connectivity index (χ1) is 8.41. The van der Waals surface area contributed by atoms with Gasteiger partial charge in [-0.15, -0.1) is 0 Å². The van der Waals surface area contributed by atoms with Crippen LogP contribution in [0.4, 0.5) is 0 Å². The van der Waals surface area contributed by atoms with Gasteiger partial charge in [-0.2, -0.15) is 5.10 Å². The van der Waals surface area contributed by atoms with Gasteiger partial charge in [0.2, 0.25) is 0 Å². The zero-order valence-corrected chi connectivity index (χ0v) is 12.6. The molecule has 0 fully saturated rings. The predicted octanol–water partition coefficient (Wildman–Crippen LogP) is 3.19. The average molecular weight is 309 g/mol. The van der Waals surface area contributed by atoms with Crippen molar-refractivity contribution in [2.45, 2.75) is 26.9 Å². The van der Waals surface area contributed by atoms with E-state index in [1.54, 1.807) is 10.9 Å². The van der Waals surface area contributed by atoms with Crippen LogP contribution in [0.5, 0.6) is 0 Å². The van der Waals surface area contributed by atoms with Crippen molar-refractivity contribution in [3.63, 3.8) is 0 Å². The second kappa shape index (κ2) is 4.86. The quantitative estimate of drug-likeness (QED) is 0.925. The van der Waals surface area contributed by atoms with Crippen LogP contribution in [0.1, 0.15) is 34.1 Å². The summed E-state index contributed by atoms with van der Waals surface area (Å²) >= 11 is 3.43. The smallest absolute Gasteiger partial charge is 0.122 e. The Bertz CT molecular complexity index is 570. The number of nitrogens with zero attached hydrogens (tertiary/aromatic N) is 2. The van der Waals surface area contributed by atoms with Crippen molar-refractivity contribution in [1.29, 1.82) is 0 Å². The van der Waals surface area contributed by atoms with Crippen molar-refractivity contribution in [2.75, 3.05) is 0 Å². The summed E-state index contributed by atoms with van der Waals surface area (Å²) in [6.07, 6.45) is 1.04. The molecule has 1 aromatic heterocycles. The number of benzene rings is 1. The Labute approximate surface area is 116 Å². The summed E-state index contributed by atoms with van der Waals surface area (Å²) in [6.45, 7) is 6.16. The summed E-state index contributed by atoms with van der Waals surface area (Å²) < 4.78 is 2.53. The standard InChI is InChI=1S/C14H17BrN2O/c1-8-5-10(3)11(6-9(8)2)14(18)13-12(15)7-16-17(13)4/h5-7,14,18H,1-4H3. The molecule has 0 saturated heterocycles. The van der Waals surface area contributed by atoms with E-state index in [-0.39, 0.29) is 0 Å².